The molecule has 1 aliphatic heterocycles. The molecule has 7 heteroatoms. The normalized spacial score (nSPS) is 16.8. The average Bonchev–Trinajstić information content (AvgIpc) is 3.60. The Kier molecular flexibility index (Phi) is 8.66. The van der Waals surface area contributed by atoms with Gasteiger partial charge < -0.3 is 21.4 Å². The topological polar surface area (TPSA) is 91.1 Å². The summed E-state index contributed by atoms with van der Waals surface area (Å²) in [6, 6.07) is 13.4. The lowest BCUT2D eigenvalue weighted by Gasteiger charge is -2.13. The zero-order valence-electron chi connectivity index (χ0n) is 20.8. The Labute approximate surface area is 212 Å². The molecule has 0 bridgehead atoms. The molecule has 2 heterocycles. The Hall–Kier alpha value is -3.73. The number of nitrogens with two attached hydrogens (primary N) is 1. The van der Waals surface area contributed by atoms with Crippen molar-refractivity contribution in [3.05, 3.63) is 78.1 Å². The number of aromatic amines is 1. The number of halogens is 1. The van der Waals surface area contributed by atoms with Gasteiger partial charge in [-0.05, 0) is 50.6 Å². The minimum atomic E-state index is -0.386. The van der Waals surface area contributed by atoms with Crippen molar-refractivity contribution in [3.63, 3.8) is 0 Å². The first-order valence-corrected chi connectivity index (χ1v) is 12.4. The lowest BCUT2D eigenvalue weighted by Crippen LogP contribution is -2.39. The monoisotopic (exact) mass is 484 g/mol. The average molecular weight is 485 g/mol. The van der Waals surface area contributed by atoms with Crippen LogP contribution in [0.15, 0.2) is 65.9 Å². The summed E-state index contributed by atoms with van der Waals surface area (Å²) in [6.45, 7) is 3.09. The quantitative estimate of drug-likeness (QED) is 0.208. The molecule has 2 atom stereocenters. The SMILES string of the molecule is CCCC(NC)C(N)=N/C=C/C#Cc1c(F)cc(-c2cnc([C@@H]3CCCN3)[nH]2)cc1-c1ccccc1. The lowest BCUT2D eigenvalue weighted by atomic mass is 9.96. The van der Waals surface area contributed by atoms with Crippen LogP contribution in [-0.2, 0) is 0 Å². The molecule has 186 valence electrons. The second-order valence-electron chi connectivity index (χ2n) is 8.85. The molecule has 6 nitrogen and oxygen atoms in total. The van der Waals surface area contributed by atoms with E-state index in [1.165, 1.54) is 6.07 Å². The molecule has 1 unspecified atom stereocenters. The summed E-state index contributed by atoms with van der Waals surface area (Å²) in [5.74, 6) is 6.90. The van der Waals surface area contributed by atoms with Crippen LogP contribution in [-0.4, -0.2) is 35.4 Å². The fourth-order valence-electron chi connectivity index (χ4n) is 4.41. The maximum absolute atomic E-state index is 15.4. The highest BCUT2D eigenvalue weighted by Gasteiger charge is 2.20. The summed E-state index contributed by atoms with van der Waals surface area (Å²) in [4.78, 5) is 12.2. The molecule has 0 aliphatic carbocycles. The van der Waals surface area contributed by atoms with Gasteiger partial charge in [-0.3, -0.25) is 0 Å². The van der Waals surface area contributed by atoms with Crippen molar-refractivity contribution in [2.75, 3.05) is 13.6 Å². The van der Waals surface area contributed by atoms with E-state index in [1.54, 1.807) is 18.5 Å². The first-order chi connectivity index (χ1) is 17.6. The maximum Gasteiger partial charge on any atom is 0.140 e. The number of amidine groups is 1. The van der Waals surface area contributed by atoms with E-state index in [4.69, 9.17) is 5.73 Å². The first-order valence-electron chi connectivity index (χ1n) is 12.4. The number of likely N-dealkylation sites (N-methyl/N-ethyl adjacent to an activating group) is 1. The molecule has 5 N–H and O–H groups in total. The molecule has 4 rings (SSSR count). The number of imidazole rings is 1. The number of hydrogen-bond acceptors (Lipinski definition) is 4. The lowest BCUT2D eigenvalue weighted by molar-refractivity contribution is 0.612. The van der Waals surface area contributed by atoms with Crippen LogP contribution in [0, 0.1) is 17.7 Å². The molecule has 3 aromatic rings. The van der Waals surface area contributed by atoms with Crippen LogP contribution in [0.1, 0.15) is 50.0 Å². The van der Waals surface area contributed by atoms with Crippen LogP contribution in [0.3, 0.4) is 0 Å². The molecule has 2 aromatic carbocycles. The van der Waals surface area contributed by atoms with Gasteiger partial charge in [-0.2, -0.15) is 0 Å². The van der Waals surface area contributed by atoms with E-state index in [2.05, 4.69) is 44.4 Å². The molecular formula is C29H33FN6. The van der Waals surface area contributed by atoms with Crippen LogP contribution in [0.4, 0.5) is 4.39 Å². The van der Waals surface area contributed by atoms with Gasteiger partial charge in [-0.25, -0.2) is 14.4 Å². The predicted octanol–water partition coefficient (Wildman–Crippen LogP) is 4.92. The summed E-state index contributed by atoms with van der Waals surface area (Å²) in [7, 11) is 1.86. The van der Waals surface area contributed by atoms with Gasteiger partial charge in [0.15, 0.2) is 0 Å². The second kappa shape index (κ2) is 12.3. The number of hydrogen-bond donors (Lipinski definition) is 4. The maximum atomic E-state index is 15.4. The highest BCUT2D eigenvalue weighted by Crippen LogP contribution is 2.32. The van der Waals surface area contributed by atoms with Gasteiger partial charge in [0, 0.05) is 23.4 Å². The van der Waals surface area contributed by atoms with Crippen LogP contribution in [0.5, 0.6) is 0 Å². The van der Waals surface area contributed by atoms with Crippen LogP contribution in [0.25, 0.3) is 22.4 Å². The number of allylic oxidation sites excluding steroid dienone is 1. The van der Waals surface area contributed by atoms with E-state index in [1.807, 2.05) is 43.4 Å². The largest absolute Gasteiger partial charge is 0.386 e. The minimum Gasteiger partial charge on any atom is -0.386 e. The van der Waals surface area contributed by atoms with Crippen molar-refractivity contribution in [3.8, 4) is 34.2 Å². The number of benzene rings is 2. The smallest absolute Gasteiger partial charge is 0.140 e. The number of nitrogens with zero attached hydrogens (tertiary/aromatic N) is 2. The van der Waals surface area contributed by atoms with Crippen molar-refractivity contribution in [2.45, 2.75) is 44.7 Å². The fraction of sp³-hybridized carbons (Fsp3) is 0.310. The van der Waals surface area contributed by atoms with Crippen molar-refractivity contribution >= 4 is 5.84 Å². The highest BCUT2D eigenvalue weighted by atomic mass is 19.1. The van der Waals surface area contributed by atoms with Crippen LogP contribution >= 0.6 is 0 Å². The molecule has 1 saturated heterocycles. The molecule has 1 aliphatic rings. The van der Waals surface area contributed by atoms with E-state index in [0.29, 0.717) is 11.4 Å². The Morgan fingerprint density at radius 2 is 2.14 bits per heavy atom. The summed E-state index contributed by atoms with van der Waals surface area (Å²) < 4.78 is 15.4. The Morgan fingerprint density at radius 3 is 2.86 bits per heavy atom. The molecule has 0 amide bonds. The summed E-state index contributed by atoms with van der Waals surface area (Å²) in [5, 5.41) is 6.59. The van der Waals surface area contributed by atoms with Gasteiger partial charge in [0.05, 0.1) is 29.5 Å². The summed E-state index contributed by atoms with van der Waals surface area (Å²) >= 11 is 0. The zero-order valence-corrected chi connectivity index (χ0v) is 20.8. The van der Waals surface area contributed by atoms with Gasteiger partial charge in [0.2, 0.25) is 0 Å². The van der Waals surface area contributed by atoms with Crippen LogP contribution in [0.2, 0.25) is 0 Å². The number of H-pyrrole nitrogens is 1. The molecule has 0 saturated carbocycles. The number of aromatic nitrogens is 2. The van der Waals surface area contributed by atoms with Gasteiger partial charge in [-0.1, -0.05) is 55.5 Å². The van der Waals surface area contributed by atoms with E-state index in [9.17, 15) is 0 Å². The second-order valence-corrected chi connectivity index (χ2v) is 8.85. The fourth-order valence-corrected chi connectivity index (χ4v) is 4.41. The van der Waals surface area contributed by atoms with Crippen molar-refractivity contribution in [2.24, 2.45) is 10.7 Å². The third kappa shape index (κ3) is 6.09. The van der Waals surface area contributed by atoms with Gasteiger partial charge in [0.25, 0.3) is 0 Å². The summed E-state index contributed by atoms with van der Waals surface area (Å²) in [6.07, 6.45) is 8.98. The van der Waals surface area contributed by atoms with E-state index in [-0.39, 0.29) is 17.9 Å². The predicted molar refractivity (Wildman–Crippen MR) is 145 cm³/mol. The number of aliphatic imine (C=N–C) groups is 1. The van der Waals surface area contributed by atoms with Gasteiger partial charge in [-0.15, -0.1) is 0 Å². The first kappa shape index (κ1) is 25.4. The molecular weight excluding hydrogens is 451 g/mol. The Balaban J connectivity index is 1.64. The zero-order chi connectivity index (χ0) is 25.3. The van der Waals surface area contributed by atoms with E-state index < -0.39 is 0 Å². The molecule has 36 heavy (non-hydrogen) atoms. The van der Waals surface area contributed by atoms with Crippen molar-refractivity contribution in [1.82, 2.24) is 20.6 Å². The summed E-state index contributed by atoms with van der Waals surface area (Å²) in [5.41, 5.74) is 9.53. The van der Waals surface area contributed by atoms with E-state index in [0.717, 1.165) is 60.4 Å². The van der Waals surface area contributed by atoms with Gasteiger partial charge >= 0.3 is 0 Å². The highest BCUT2D eigenvalue weighted by molar-refractivity contribution is 5.86. The molecule has 1 aromatic heterocycles. The molecule has 0 spiro atoms. The molecule has 0 radical (unpaired) electrons. The van der Waals surface area contributed by atoms with Gasteiger partial charge in [0.1, 0.15) is 17.5 Å². The number of rotatable bonds is 8. The molecule has 1 fully saturated rings. The Morgan fingerprint density at radius 1 is 1.31 bits per heavy atom. The van der Waals surface area contributed by atoms with Crippen molar-refractivity contribution in [1.29, 1.82) is 0 Å². The number of nitrogens with one attached hydrogen (secondary N) is 3. The Bertz CT molecular complexity index is 1280. The third-order valence-electron chi connectivity index (χ3n) is 6.33. The van der Waals surface area contributed by atoms with Crippen LogP contribution < -0.4 is 16.4 Å². The third-order valence-corrected chi connectivity index (χ3v) is 6.33. The van der Waals surface area contributed by atoms with E-state index >= 15 is 4.39 Å². The minimum absolute atomic E-state index is 0.0229. The van der Waals surface area contributed by atoms with Crippen molar-refractivity contribution < 1.29 is 4.39 Å². The standard InChI is InChI=1S/C29H33FN6/c1-3-10-25(32-2)28(31)34-15-8-7-13-22-23(20-11-5-4-6-12-20)17-21(18-24(22)30)27-19-35-29(36-27)26-14-9-16-33-26/h4-6,8,11-12,15,17-19,25-26,32-33H,3,9-10,14,16H2,1-2H3,(H2,31,34)(H,35,36)/b15-8+/t25?,26-/m0/s1.